The maximum Gasteiger partial charge on any atom is 0.165 e. The molecule has 0 aromatic heterocycles. The standard InChI is InChI=1S/C27H37NO4/c1-23(2,3)24(4,30)18-13-26-19-12-16-8-9-17(29)21-20(16)25(26,22(32-21)27(18,26)31-5)10-11-28(19)14-15-6-7-15/h8-9,15,18-19,22,29-30H,6-7,10-14H2,1-5H3. The molecule has 0 radical (unpaired) electrons. The van der Waals surface area contributed by atoms with Gasteiger partial charge in [-0.25, -0.2) is 0 Å². The van der Waals surface area contributed by atoms with Crippen LogP contribution < -0.4 is 4.74 Å². The first kappa shape index (κ1) is 20.1. The number of ether oxygens (including phenoxy) is 2. The first-order valence-corrected chi connectivity index (χ1v) is 12.6. The highest BCUT2D eigenvalue weighted by Gasteiger charge is 2.96. The van der Waals surface area contributed by atoms with Crippen LogP contribution in [0.2, 0.25) is 0 Å². The second-order valence-corrected chi connectivity index (χ2v) is 12.9. The number of aliphatic hydroxyl groups is 1. The lowest BCUT2D eigenvalue weighted by Crippen LogP contribution is -2.99. The summed E-state index contributed by atoms with van der Waals surface area (Å²) in [6.45, 7) is 10.7. The van der Waals surface area contributed by atoms with Crippen molar-refractivity contribution in [3.8, 4) is 11.5 Å². The van der Waals surface area contributed by atoms with Gasteiger partial charge in [0.05, 0.1) is 11.0 Å². The predicted molar refractivity (Wildman–Crippen MR) is 121 cm³/mol. The van der Waals surface area contributed by atoms with Crippen molar-refractivity contribution in [1.82, 2.24) is 4.90 Å². The lowest BCUT2D eigenvalue weighted by atomic mass is 9.20. The van der Waals surface area contributed by atoms with Crippen LogP contribution in [-0.2, 0) is 16.6 Å². The molecular weight excluding hydrogens is 402 g/mol. The number of likely N-dealkylation sites (tertiary alicyclic amines) is 1. The van der Waals surface area contributed by atoms with Gasteiger partial charge in [0.15, 0.2) is 11.5 Å². The minimum absolute atomic E-state index is 0.000458. The molecule has 32 heavy (non-hydrogen) atoms. The Balaban J connectivity index is 1.43. The second kappa shape index (κ2) is 5.50. The van der Waals surface area contributed by atoms with E-state index in [9.17, 15) is 10.2 Å². The minimum Gasteiger partial charge on any atom is -0.504 e. The van der Waals surface area contributed by atoms with Gasteiger partial charge in [-0.15, -0.1) is 0 Å². The molecule has 4 fully saturated rings. The molecule has 2 N–H and O–H groups in total. The van der Waals surface area contributed by atoms with E-state index in [-0.39, 0.29) is 34.0 Å². The van der Waals surface area contributed by atoms with Crippen LogP contribution in [0.15, 0.2) is 12.1 Å². The van der Waals surface area contributed by atoms with Crippen LogP contribution >= 0.6 is 0 Å². The van der Waals surface area contributed by atoms with Crippen molar-refractivity contribution in [2.45, 2.75) is 88.6 Å². The van der Waals surface area contributed by atoms with Gasteiger partial charge < -0.3 is 19.7 Å². The van der Waals surface area contributed by atoms with Crippen LogP contribution in [0.3, 0.4) is 0 Å². The molecule has 1 aromatic rings. The Hall–Kier alpha value is -1.30. The zero-order chi connectivity index (χ0) is 22.5. The summed E-state index contributed by atoms with van der Waals surface area (Å²) in [5, 5.41) is 22.7. The molecule has 1 aromatic carbocycles. The third kappa shape index (κ3) is 1.76. The molecule has 7 unspecified atom stereocenters. The smallest absolute Gasteiger partial charge is 0.165 e. The number of phenols is 1. The van der Waals surface area contributed by atoms with Crippen molar-refractivity contribution in [2.75, 3.05) is 20.2 Å². The highest BCUT2D eigenvalue weighted by molar-refractivity contribution is 5.68. The molecule has 4 aliphatic carbocycles. The van der Waals surface area contributed by atoms with Crippen molar-refractivity contribution in [3.63, 3.8) is 0 Å². The number of benzene rings is 1. The van der Waals surface area contributed by atoms with E-state index in [2.05, 4.69) is 31.7 Å². The first-order chi connectivity index (χ1) is 15.1. The third-order valence-electron chi connectivity index (χ3n) is 11.2. The van der Waals surface area contributed by atoms with Crippen molar-refractivity contribution in [1.29, 1.82) is 0 Å². The Morgan fingerprint density at radius 1 is 1.22 bits per heavy atom. The van der Waals surface area contributed by atoms with Gasteiger partial charge in [-0.3, -0.25) is 4.90 Å². The number of methoxy groups -OCH3 is 1. The number of hydrogen-bond acceptors (Lipinski definition) is 5. The Labute approximate surface area is 191 Å². The minimum atomic E-state index is -0.883. The van der Waals surface area contributed by atoms with Crippen LogP contribution in [0.25, 0.3) is 0 Å². The zero-order valence-corrected chi connectivity index (χ0v) is 20.1. The Morgan fingerprint density at radius 2 is 1.97 bits per heavy atom. The van der Waals surface area contributed by atoms with E-state index in [0.717, 1.165) is 31.7 Å². The SMILES string of the molecule is COC12C(C(C)(O)C(C)(C)C)CC13C1Cc4ccc(O)c5c4C3(CCN1CC1CC1)C2O5. The predicted octanol–water partition coefficient (Wildman–Crippen LogP) is 3.63. The van der Waals surface area contributed by atoms with Crippen LogP contribution in [0.1, 0.15) is 64.5 Å². The number of hydrogen-bond donors (Lipinski definition) is 2. The number of nitrogens with zero attached hydrogens (tertiary/aromatic N) is 1. The summed E-state index contributed by atoms with van der Waals surface area (Å²) < 4.78 is 13.3. The van der Waals surface area contributed by atoms with Crippen molar-refractivity contribution >= 4 is 0 Å². The van der Waals surface area contributed by atoms with E-state index in [4.69, 9.17) is 9.47 Å². The lowest BCUT2D eigenvalue weighted by molar-refractivity contribution is -0.440. The molecular formula is C27H37NO4. The Bertz CT molecular complexity index is 1030. The van der Waals surface area contributed by atoms with Crippen molar-refractivity contribution in [3.05, 3.63) is 23.3 Å². The van der Waals surface area contributed by atoms with E-state index >= 15 is 0 Å². The van der Waals surface area contributed by atoms with E-state index < -0.39 is 11.2 Å². The fourth-order valence-corrected chi connectivity index (χ4v) is 9.23. The van der Waals surface area contributed by atoms with Crippen LogP contribution in [-0.4, -0.2) is 58.7 Å². The fraction of sp³-hybridized carbons (Fsp3) is 0.778. The molecule has 3 saturated carbocycles. The lowest BCUT2D eigenvalue weighted by Gasteiger charge is -2.87. The van der Waals surface area contributed by atoms with Gasteiger partial charge in [0, 0.05) is 36.6 Å². The summed E-state index contributed by atoms with van der Waals surface area (Å²) >= 11 is 0. The largest absolute Gasteiger partial charge is 0.504 e. The molecule has 2 heterocycles. The van der Waals surface area contributed by atoms with Gasteiger partial charge in [-0.05, 0) is 68.5 Å². The van der Waals surface area contributed by atoms with Gasteiger partial charge in [0.2, 0.25) is 0 Å². The topological polar surface area (TPSA) is 62.2 Å². The van der Waals surface area contributed by atoms with Gasteiger partial charge >= 0.3 is 0 Å². The number of phenolic OH excluding ortho intramolecular Hbond substituents is 1. The Kier molecular flexibility index (Phi) is 3.45. The molecule has 7 atom stereocenters. The van der Waals surface area contributed by atoms with Gasteiger partial charge in [-0.1, -0.05) is 26.8 Å². The van der Waals surface area contributed by atoms with Crippen molar-refractivity contribution in [2.24, 2.45) is 22.7 Å². The van der Waals surface area contributed by atoms with E-state index in [0.29, 0.717) is 11.8 Å². The summed E-state index contributed by atoms with van der Waals surface area (Å²) in [5.74, 6) is 1.80. The summed E-state index contributed by atoms with van der Waals surface area (Å²) in [6.07, 6.45) is 5.59. The molecule has 6 aliphatic rings. The number of piperidine rings is 1. The molecule has 2 spiro atoms. The molecule has 1 saturated heterocycles. The summed E-state index contributed by atoms with van der Waals surface area (Å²) in [7, 11) is 1.84. The number of rotatable bonds is 4. The quantitative estimate of drug-likeness (QED) is 0.750. The second-order valence-electron chi connectivity index (χ2n) is 12.9. The monoisotopic (exact) mass is 439 g/mol. The highest BCUT2D eigenvalue weighted by atomic mass is 16.6. The van der Waals surface area contributed by atoms with Crippen molar-refractivity contribution < 1.29 is 19.7 Å². The fourth-order valence-electron chi connectivity index (χ4n) is 9.23. The summed E-state index contributed by atoms with van der Waals surface area (Å²) in [6, 6.07) is 4.36. The third-order valence-corrected chi connectivity index (χ3v) is 11.2. The highest BCUT2D eigenvalue weighted by Crippen LogP contribution is 2.87. The maximum absolute atomic E-state index is 11.9. The summed E-state index contributed by atoms with van der Waals surface area (Å²) in [5.41, 5.74) is 0.784. The van der Waals surface area contributed by atoms with Gasteiger partial charge in [-0.2, -0.15) is 0 Å². The molecule has 0 amide bonds. The number of fused-ring (bicyclic) bond motifs is 1. The molecule has 2 bridgehead atoms. The normalized spacial score (nSPS) is 45.1. The maximum atomic E-state index is 11.9. The molecule has 5 nitrogen and oxygen atoms in total. The Morgan fingerprint density at radius 3 is 2.62 bits per heavy atom. The first-order valence-electron chi connectivity index (χ1n) is 12.6. The molecule has 7 rings (SSSR count). The van der Waals surface area contributed by atoms with E-state index in [1.165, 1.54) is 30.5 Å². The zero-order valence-electron chi connectivity index (χ0n) is 20.1. The number of aromatic hydroxyl groups is 1. The van der Waals surface area contributed by atoms with Crippen LogP contribution in [0.4, 0.5) is 0 Å². The summed E-state index contributed by atoms with van der Waals surface area (Å²) in [4.78, 5) is 2.77. The van der Waals surface area contributed by atoms with Gasteiger partial charge in [0.25, 0.3) is 0 Å². The molecule has 2 aliphatic heterocycles. The average molecular weight is 440 g/mol. The molecule has 174 valence electrons. The van der Waals surface area contributed by atoms with Gasteiger partial charge in [0.1, 0.15) is 11.7 Å². The van der Waals surface area contributed by atoms with E-state index in [1.54, 1.807) is 0 Å². The van der Waals surface area contributed by atoms with E-state index in [1.807, 2.05) is 20.1 Å². The average Bonchev–Trinajstić information content (AvgIpc) is 3.47. The van der Waals surface area contributed by atoms with Crippen LogP contribution in [0.5, 0.6) is 11.5 Å². The van der Waals surface area contributed by atoms with Crippen LogP contribution in [0, 0.1) is 22.7 Å². The molecule has 5 heteroatoms.